The van der Waals surface area contributed by atoms with Gasteiger partial charge in [-0.25, -0.2) is 8.42 Å². The van der Waals surface area contributed by atoms with E-state index in [1.807, 2.05) is 35.2 Å². The van der Waals surface area contributed by atoms with Gasteiger partial charge < -0.3 is 4.90 Å². The summed E-state index contributed by atoms with van der Waals surface area (Å²) in [5, 5.41) is 0. The maximum atomic E-state index is 11.9. The Balaban J connectivity index is 2.16. The van der Waals surface area contributed by atoms with E-state index in [1.54, 1.807) is 12.3 Å². The van der Waals surface area contributed by atoms with Crippen LogP contribution in [-0.4, -0.2) is 20.1 Å². The number of aromatic nitrogens is 1. The van der Waals surface area contributed by atoms with Crippen LogP contribution in [0.15, 0.2) is 53.7 Å². The Morgan fingerprint density at radius 1 is 1.17 bits per heavy atom. The fourth-order valence-electron chi connectivity index (χ4n) is 1.95. The molecule has 1 aliphatic rings. The summed E-state index contributed by atoms with van der Waals surface area (Å²) in [5.74, 6) is 0. The number of para-hydroxylation sites is 1. The zero-order valence-electron chi connectivity index (χ0n) is 9.45. The van der Waals surface area contributed by atoms with E-state index in [0.717, 1.165) is 5.69 Å². The number of benzene rings is 1. The maximum absolute atomic E-state index is 11.9. The minimum atomic E-state index is -3.44. The smallest absolute Gasteiger partial charge is 0.245 e. The number of fused-ring (bicyclic) bond motifs is 1. The molecular weight excluding hydrogens is 250 g/mol. The van der Waals surface area contributed by atoms with Gasteiger partial charge in [-0.1, -0.05) is 18.2 Å². The summed E-state index contributed by atoms with van der Waals surface area (Å²) >= 11 is 0. The minimum absolute atomic E-state index is 0.208. The van der Waals surface area contributed by atoms with Crippen LogP contribution in [0.25, 0.3) is 0 Å². The molecule has 0 spiro atoms. The average Bonchev–Trinajstić information content (AvgIpc) is 2.40. The highest BCUT2D eigenvalue weighted by atomic mass is 32.2. The number of nitrogens with one attached hydrogen (secondary N) is 1. The van der Waals surface area contributed by atoms with Gasteiger partial charge in [-0.3, -0.25) is 4.98 Å². The van der Waals surface area contributed by atoms with Crippen molar-refractivity contribution in [3.8, 4) is 0 Å². The molecule has 0 saturated heterocycles. The summed E-state index contributed by atoms with van der Waals surface area (Å²) in [6, 6.07) is 11.3. The second kappa shape index (κ2) is 4.08. The number of pyridine rings is 1. The second-order valence-corrected chi connectivity index (χ2v) is 5.65. The number of nitrogens with zero attached hydrogens (tertiary/aromatic N) is 2. The van der Waals surface area contributed by atoms with Gasteiger partial charge >= 0.3 is 0 Å². The highest BCUT2D eigenvalue weighted by Crippen LogP contribution is 2.32. The molecule has 92 valence electrons. The molecule has 0 radical (unpaired) electrons. The SMILES string of the molecule is O=S1(=O)NCN(c2ccccc2)c2ccncc21. The van der Waals surface area contributed by atoms with E-state index >= 15 is 0 Å². The van der Waals surface area contributed by atoms with Gasteiger partial charge in [-0.15, -0.1) is 0 Å². The number of rotatable bonds is 1. The molecule has 1 aromatic carbocycles. The van der Waals surface area contributed by atoms with E-state index in [9.17, 15) is 8.42 Å². The zero-order valence-corrected chi connectivity index (χ0v) is 10.3. The van der Waals surface area contributed by atoms with Crippen LogP contribution in [-0.2, 0) is 10.0 Å². The lowest BCUT2D eigenvalue weighted by atomic mass is 10.2. The molecule has 0 unspecified atom stereocenters. The predicted molar refractivity (Wildman–Crippen MR) is 68.0 cm³/mol. The molecule has 0 bridgehead atoms. The zero-order chi connectivity index (χ0) is 12.6. The fourth-order valence-corrected chi connectivity index (χ4v) is 3.06. The Bertz CT molecular complexity index is 671. The van der Waals surface area contributed by atoms with Crippen molar-refractivity contribution in [2.75, 3.05) is 11.6 Å². The Labute approximate surface area is 105 Å². The molecule has 18 heavy (non-hydrogen) atoms. The first-order valence-corrected chi connectivity index (χ1v) is 6.93. The first-order chi connectivity index (χ1) is 8.68. The van der Waals surface area contributed by atoms with Crippen molar-refractivity contribution in [3.63, 3.8) is 0 Å². The van der Waals surface area contributed by atoms with Crippen LogP contribution >= 0.6 is 0 Å². The third-order valence-electron chi connectivity index (χ3n) is 2.82. The van der Waals surface area contributed by atoms with Gasteiger partial charge in [0, 0.05) is 18.1 Å². The molecule has 3 rings (SSSR count). The first-order valence-electron chi connectivity index (χ1n) is 5.45. The highest BCUT2D eigenvalue weighted by Gasteiger charge is 2.28. The Kier molecular flexibility index (Phi) is 2.53. The summed E-state index contributed by atoms with van der Waals surface area (Å²) in [7, 11) is -3.44. The van der Waals surface area contributed by atoms with Crippen LogP contribution in [0.5, 0.6) is 0 Å². The number of hydrogen-bond acceptors (Lipinski definition) is 4. The number of anilines is 2. The molecule has 0 aliphatic carbocycles. The molecular formula is C12H11N3O2S. The van der Waals surface area contributed by atoms with E-state index in [1.165, 1.54) is 6.20 Å². The van der Waals surface area contributed by atoms with Crippen LogP contribution in [0.4, 0.5) is 11.4 Å². The first kappa shape index (κ1) is 11.2. The fraction of sp³-hybridized carbons (Fsp3) is 0.0833. The summed E-state index contributed by atoms with van der Waals surface area (Å²) < 4.78 is 26.3. The molecule has 0 fully saturated rings. The van der Waals surface area contributed by atoms with E-state index < -0.39 is 10.0 Å². The highest BCUT2D eigenvalue weighted by molar-refractivity contribution is 7.89. The topological polar surface area (TPSA) is 62.3 Å². The van der Waals surface area contributed by atoms with Crippen LogP contribution in [0.3, 0.4) is 0 Å². The minimum Gasteiger partial charge on any atom is -0.326 e. The normalized spacial score (nSPS) is 17.2. The molecule has 1 aromatic heterocycles. The van der Waals surface area contributed by atoms with Crippen LogP contribution in [0.2, 0.25) is 0 Å². The van der Waals surface area contributed by atoms with Gasteiger partial charge in [-0.05, 0) is 18.2 Å². The van der Waals surface area contributed by atoms with Gasteiger partial charge in [0.25, 0.3) is 0 Å². The molecule has 0 amide bonds. The molecule has 5 nitrogen and oxygen atoms in total. The van der Waals surface area contributed by atoms with Crippen molar-refractivity contribution in [2.45, 2.75) is 4.90 Å². The van der Waals surface area contributed by atoms with E-state index in [0.29, 0.717) is 5.69 Å². The summed E-state index contributed by atoms with van der Waals surface area (Å²) in [5.41, 5.74) is 1.59. The van der Waals surface area contributed by atoms with Crippen LogP contribution in [0, 0.1) is 0 Å². The van der Waals surface area contributed by atoms with Gasteiger partial charge in [0.15, 0.2) is 0 Å². The standard InChI is InChI=1S/C12H11N3O2S/c16-18(17)12-8-13-7-6-11(12)15(9-14-18)10-4-2-1-3-5-10/h1-8,14H,9H2. The van der Waals surface area contributed by atoms with Gasteiger partial charge in [0.1, 0.15) is 4.90 Å². The number of sulfonamides is 1. The van der Waals surface area contributed by atoms with Crippen molar-refractivity contribution in [1.29, 1.82) is 0 Å². The van der Waals surface area contributed by atoms with Crippen LogP contribution < -0.4 is 9.62 Å². The van der Waals surface area contributed by atoms with Crippen molar-refractivity contribution in [2.24, 2.45) is 0 Å². The van der Waals surface area contributed by atoms with E-state index in [-0.39, 0.29) is 11.6 Å². The summed E-state index contributed by atoms with van der Waals surface area (Å²) in [4.78, 5) is 5.99. The van der Waals surface area contributed by atoms with E-state index in [2.05, 4.69) is 9.71 Å². The quantitative estimate of drug-likeness (QED) is 0.844. The predicted octanol–water partition coefficient (Wildman–Crippen LogP) is 1.47. The Morgan fingerprint density at radius 3 is 2.72 bits per heavy atom. The second-order valence-electron chi connectivity index (χ2n) is 3.91. The average molecular weight is 261 g/mol. The van der Waals surface area contributed by atoms with Crippen molar-refractivity contribution in [3.05, 3.63) is 48.8 Å². The van der Waals surface area contributed by atoms with Crippen molar-refractivity contribution < 1.29 is 8.42 Å². The van der Waals surface area contributed by atoms with E-state index in [4.69, 9.17) is 0 Å². The molecule has 1 N–H and O–H groups in total. The van der Waals surface area contributed by atoms with Crippen molar-refractivity contribution >= 4 is 21.4 Å². The summed E-state index contributed by atoms with van der Waals surface area (Å²) in [6.07, 6.45) is 2.96. The maximum Gasteiger partial charge on any atom is 0.245 e. The van der Waals surface area contributed by atoms with Crippen LogP contribution in [0.1, 0.15) is 0 Å². The van der Waals surface area contributed by atoms with Crippen molar-refractivity contribution in [1.82, 2.24) is 9.71 Å². The molecule has 0 saturated carbocycles. The van der Waals surface area contributed by atoms with Gasteiger partial charge in [-0.2, -0.15) is 4.72 Å². The Morgan fingerprint density at radius 2 is 1.94 bits per heavy atom. The molecule has 2 heterocycles. The lowest BCUT2D eigenvalue weighted by Gasteiger charge is -2.30. The third kappa shape index (κ3) is 1.75. The lowest BCUT2D eigenvalue weighted by molar-refractivity contribution is 0.576. The van der Waals surface area contributed by atoms with Gasteiger partial charge in [0.2, 0.25) is 10.0 Å². The Hall–Kier alpha value is -1.92. The molecule has 0 atom stereocenters. The summed E-state index contributed by atoms with van der Waals surface area (Å²) in [6.45, 7) is 0.226. The van der Waals surface area contributed by atoms with Gasteiger partial charge in [0.05, 0.1) is 12.4 Å². The molecule has 1 aliphatic heterocycles. The molecule has 2 aromatic rings. The third-order valence-corrected chi connectivity index (χ3v) is 4.23. The lowest BCUT2D eigenvalue weighted by Crippen LogP contribution is -2.40. The largest absolute Gasteiger partial charge is 0.326 e. The molecule has 6 heteroatoms. The monoisotopic (exact) mass is 261 g/mol. The number of hydrogen-bond donors (Lipinski definition) is 1.